The molecule has 0 saturated carbocycles. The number of halogens is 2. The van der Waals surface area contributed by atoms with Gasteiger partial charge in [-0.05, 0) is 49.2 Å². The lowest BCUT2D eigenvalue weighted by molar-refractivity contribution is -0.120. The molecule has 0 spiro atoms. The van der Waals surface area contributed by atoms with Crippen LogP contribution in [0, 0.1) is 5.92 Å². The zero-order chi connectivity index (χ0) is 19.5. The highest BCUT2D eigenvalue weighted by Crippen LogP contribution is 2.39. The Morgan fingerprint density at radius 1 is 1.11 bits per heavy atom. The van der Waals surface area contributed by atoms with Crippen LogP contribution in [0.1, 0.15) is 23.8 Å². The second-order valence-electron chi connectivity index (χ2n) is 6.57. The van der Waals surface area contributed by atoms with Crippen molar-refractivity contribution < 1.29 is 18.3 Å². The van der Waals surface area contributed by atoms with Crippen molar-refractivity contribution in [1.29, 1.82) is 0 Å². The van der Waals surface area contributed by atoms with E-state index in [4.69, 9.17) is 4.98 Å². The monoisotopic (exact) mass is 400 g/mol. The average molecular weight is 400 g/mol. The van der Waals surface area contributed by atoms with Gasteiger partial charge in [-0.2, -0.15) is 8.78 Å². The van der Waals surface area contributed by atoms with Gasteiger partial charge in [0, 0.05) is 11.6 Å². The minimum absolute atomic E-state index is 0.0174. The molecule has 0 aliphatic heterocycles. The number of nitrogens with zero attached hydrogens (tertiary/aromatic N) is 1. The van der Waals surface area contributed by atoms with E-state index in [1.807, 2.05) is 30.3 Å². The Kier molecular flexibility index (Phi) is 5.34. The first kappa shape index (κ1) is 18.6. The van der Waals surface area contributed by atoms with Crippen molar-refractivity contribution in [3.63, 3.8) is 0 Å². The molecule has 28 heavy (non-hydrogen) atoms. The summed E-state index contributed by atoms with van der Waals surface area (Å²) in [6, 6.07) is 13.9. The molecule has 7 heteroatoms. The highest BCUT2D eigenvalue weighted by molar-refractivity contribution is 7.18. The summed E-state index contributed by atoms with van der Waals surface area (Å²) in [5.41, 5.74) is 1.50. The van der Waals surface area contributed by atoms with Gasteiger partial charge in [0.05, 0.1) is 21.1 Å². The summed E-state index contributed by atoms with van der Waals surface area (Å²) < 4.78 is 29.9. The number of aromatic nitrogens is 1. The van der Waals surface area contributed by atoms with E-state index in [1.54, 1.807) is 23.5 Å². The number of hydrogen-bond acceptors (Lipinski definition) is 4. The Morgan fingerprint density at radius 3 is 2.61 bits per heavy atom. The Hall–Kier alpha value is -2.80. The summed E-state index contributed by atoms with van der Waals surface area (Å²) in [5, 5.41) is 3.85. The summed E-state index contributed by atoms with van der Waals surface area (Å²) in [6.45, 7) is -2.87. The van der Waals surface area contributed by atoms with Crippen molar-refractivity contribution in [2.24, 2.45) is 5.92 Å². The zero-order valence-corrected chi connectivity index (χ0v) is 15.7. The smallest absolute Gasteiger partial charge is 0.387 e. The number of rotatable bonds is 5. The van der Waals surface area contributed by atoms with Gasteiger partial charge in [0.15, 0.2) is 0 Å². The molecule has 0 fully saturated rings. The molecule has 4 nitrogen and oxygen atoms in total. The van der Waals surface area contributed by atoms with E-state index >= 15 is 0 Å². The van der Waals surface area contributed by atoms with Gasteiger partial charge >= 0.3 is 6.61 Å². The third kappa shape index (κ3) is 4.04. The standard InChI is InChI=1S/C21H18F2N2O2S/c22-21(23)27-14-11-9-13(10-12-14)24-19(26)15-5-1-2-6-16(15)20-25-17-7-3-4-8-18(17)28-20/h1-4,7-12,15-16,21H,5-6H2,(H,24,26). The number of benzene rings is 2. The predicted molar refractivity (Wildman–Crippen MR) is 106 cm³/mol. The molecule has 0 bridgehead atoms. The van der Waals surface area contributed by atoms with Gasteiger partial charge in [0.1, 0.15) is 5.75 Å². The van der Waals surface area contributed by atoms with Gasteiger partial charge in [-0.25, -0.2) is 4.98 Å². The molecule has 0 radical (unpaired) electrons. The number of ether oxygens (including phenoxy) is 1. The molecule has 3 aromatic rings. The molecule has 2 atom stereocenters. The van der Waals surface area contributed by atoms with E-state index in [9.17, 15) is 13.6 Å². The minimum Gasteiger partial charge on any atom is -0.435 e. The van der Waals surface area contributed by atoms with Crippen molar-refractivity contribution in [3.05, 3.63) is 65.7 Å². The van der Waals surface area contributed by atoms with Crippen LogP contribution in [0.2, 0.25) is 0 Å². The number of alkyl halides is 2. The first-order chi connectivity index (χ1) is 13.6. The van der Waals surface area contributed by atoms with Crippen LogP contribution in [0.25, 0.3) is 10.2 Å². The van der Waals surface area contributed by atoms with Crippen LogP contribution in [0.3, 0.4) is 0 Å². The quantitative estimate of drug-likeness (QED) is 0.568. The predicted octanol–water partition coefficient (Wildman–Crippen LogP) is 5.59. The lowest BCUT2D eigenvalue weighted by Gasteiger charge is -2.26. The molecule has 1 aliphatic carbocycles. The van der Waals surface area contributed by atoms with E-state index in [-0.39, 0.29) is 23.5 Å². The van der Waals surface area contributed by atoms with Crippen LogP contribution in [0.4, 0.5) is 14.5 Å². The van der Waals surface area contributed by atoms with Crippen molar-refractivity contribution in [3.8, 4) is 5.75 Å². The number of thiazole rings is 1. The molecule has 0 saturated heterocycles. The Balaban J connectivity index is 1.51. The fraction of sp³-hybridized carbons (Fsp3) is 0.238. The lowest BCUT2D eigenvalue weighted by Crippen LogP contribution is -2.29. The zero-order valence-electron chi connectivity index (χ0n) is 14.8. The van der Waals surface area contributed by atoms with Crippen molar-refractivity contribution >= 4 is 33.1 Å². The molecule has 1 N–H and O–H groups in total. The van der Waals surface area contributed by atoms with Gasteiger partial charge in [0.25, 0.3) is 0 Å². The van der Waals surface area contributed by atoms with Crippen LogP contribution in [-0.2, 0) is 4.79 Å². The average Bonchev–Trinajstić information content (AvgIpc) is 3.13. The highest BCUT2D eigenvalue weighted by Gasteiger charge is 2.32. The molecular weight excluding hydrogens is 382 g/mol. The van der Waals surface area contributed by atoms with E-state index < -0.39 is 6.61 Å². The fourth-order valence-electron chi connectivity index (χ4n) is 3.38. The van der Waals surface area contributed by atoms with Crippen molar-refractivity contribution in [2.75, 3.05) is 5.32 Å². The summed E-state index contributed by atoms with van der Waals surface area (Å²) in [7, 11) is 0. The second-order valence-corrected chi connectivity index (χ2v) is 7.63. The molecule has 1 aromatic heterocycles. The van der Waals surface area contributed by atoms with Crippen LogP contribution in [-0.4, -0.2) is 17.5 Å². The second kappa shape index (κ2) is 8.06. The molecule has 1 heterocycles. The number of hydrogen-bond donors (Lipinski definition) is 1. The number of amides is 1. The molecule has 4 rings (SSSR count). The van der Waals surface area contributed by atoms with Gasteiger partial charge in [-0.1, -0.05) is 24.3 Å². The number of carbonyl (C=O) groups excluding carboxylic acids is 1. The van der Waals surface area contributed by atoms with Crippen LogP contribution in [0.5, 0.6) is 5.75 Å². The van der Waals surface area contributed by atoms with Crippen LogP contribution >= 0.6 is 11.3 Å². The van der Waals surface area contributed by atoms with Crippen LogP contribution in [0.15, 0.2) is 60.7 Å². The number of anilines is 1. The van der Waals surface area contributed by atoms with Crippen molar-refractivity contribution in [1.82, 2.24) is 4.98 Å². The number of nitrogens with one attached hydrogen (secondary N) is 1. The van der Waals surface area contributed by atoms with Crippen LogP contribution < -0.4 is 10.1 Å². The van der Waals surface area contributed by atoms with Gasteiger partial charge < -0.3 is 10.1 Å². The fourth-order valence-corrected chi connectivity index (χ4v) is 4.53. The van der Waals surface area contributed by atoms with E-state index in [0.717, 1.165) is 21.6 Å². The number of para-hydroxylation sites is 1. The highest BCUT2D eigenvalue weighted by atomic mass is 32.1. The number of allylic oxidation sites excluding steroid dienone is 2. The Labute approximate surface area is 164 Å². The van der Waals surface area contributed by atoms with Crippen molar-refractivity contribution in [2.45, 2.75) is 25.4 Å². The largest absolute Gasteiger partial charge is 0.435 e. The first-order valence-electron chi connectivity index (χ1n) is 8.96. The SMILES string of the molecule is O=C(Nc1ccc(OC(F)F)cc1)C1CC=CCC1c1nc2ccccc2s1. The minimum atomic E-state index is -2.87. The lowest BCUT2D eigenvalue weighted by atomic mass is 9.82. The summed E-state index contributed by atoms with van der Waals surface area (Å²) in [4.78, 5) is 17.6. The third-order valence-corrected chi connectivity index (χ3v) is 5.91. The molecule has 2 aromatic carbocycles. The molecule has 2 unspecified atom stereocenters. The molecule has 1 aliphatic rings. The normalized spacial score (nSPS) is 19.1. The first-order valence-corrected chi connectivity index (χ1v) is 9.78. The molecule has 1 amide bonds. The molecule has 144 valence electrons. The summed E-state index contributed by atoms with van der Waals surface area (Å²) in [6.07, 6.45) is 5.52. The molecular formula is C21H18F2N2O2S. The number of carbonyl (C=O) groups is 1. The number of fused-ring (bicyclic) bond motifs is 1. The summed E-state index contributed by atoms with van der Waals surface area (Å²) in [5.74, 6) is -0.261. The van der Waals surface area contributed by atoms with Gasteiger partial charge in [-0.3, -0.25) is 4.79 Å². The Bertz CT molecular complexity index is 968. The third-order valence-electron chi connectivity index (χ3n) is 4.74. The maximum Gasteiger partial charge on any atom is 0.387 e. The maximum atomic E-state index is 12.9. The van der Waals surface area contributed by atoms with E-state index in [2.05, 4.69) is 16.1 Å². The van der Waals surface area contributed by atoms with Gasteiger partial charge in [0.2, 0.25) is 5.91 Å². The topological polar surface area (TPSA) is 51.2 Å². The maximum absolute atomic E-state index is 12.9. The van der Waals surface area contributed by atoms with E-state index in [0.29, 0.717) is 12.1 Å². The Morgan fingerprint density at radius 2 is 1.86 bits per heavy atom. The van der Waals surface area contributed by atoms with E-state index in [1.165, 1.54) is 12.1 Å². The summed E-state index contributed by atoms with van der Waals surface area (Å²) >= 11 is 1.63. The van der Waals surface area contributed by atoms with Gasteiger partial charge in [-0.15, -0.1) is 11.3 Å².